The van der Waals surface area contributed by atoms with Crippen molar-refractivity contribution in [1.82, 2.24) is 9.97 Å². The SMILES string of the molecule is CCCCCCCCCCOc1ncc(-c2ccc(O)cc2)cn1. The Balaban J connectivity index is 1.63. The number of aromatic hydroxyl groups is 1. The van der Waals surface area contributed by atoms with Crippen LogP contribution in [0.25, 0.3) is 11.1 Å². The standard InChI is InChI=1S/C20H28N2O2/c1-2-3-4-5-6-7-8-9-14-24-20-21-15-18(16-22-20)17-10-12-19(23)13-11-17/h10-13,15-16,23H,2-9,14H2,1H3. The van der Waals surface area contributed by atoms with Gasteiger partial charge in [-0.25, -0.2) is 9.97 Å². The fourth-order valence-electron chi connectivity index (χ4n) is 2.59. The fourth-order valence-corrected chi connectivity index (χ4v) is 2.59. The average Bonchev–Trinajstić information content (AvgIpc) is 2.62. The topological polar surface area (TPSA) is 55.2 Å². The van der Waals surface area contributed by atoms with Gasteiger partial charge in [0.25, 0.3) is 0 Å². The van der Waals surface area contributed by atoms with Crippen LogP contribution in [0.1, 0.15) is 58.3 Å². The largest absolute Gasteiger partial charge is 0.508 e. The molecule has 0 unspecified atom stereocenters. The van der Waals surface area contributed by atoms with E-state index in [2.05, 4.69) is 16.9 Å². The van der Waals surface area contributed by atoms with Crippen LogP contribution in [0.15, 0.2) is 36.7 Å². The zero-order chi connectivity index (χ0) is 17.0. The molecular weight excluding hydrogens is 300 g/mol. The van der Waals surface area contributed by atoms with E-state index in [4.69, 9.17) is 4.74 Å². The van der Waals surface area contributed by atoms with Crippen molar-refractivity contribution in [3.05, 3.63) is 36.7 Å². The summed E-state index contributed by atoms with van der Waals surface area (Å²) in [6, 6.07) is 7.43. The van der Waals surface area contributed by atoms with E-state index in [-0.39, 0.29) is 5.75 Å². The lowest BCUT2D eigenvalue weighted by Crippen LogP contribution is -2.01. The lowest BCUT2D eigenvalue weighted by molar-refractivity contribution is 0.281. The van der Waals surface area contributed by atoms with E-state index in [1.807, 2.05) is 12.1 Å². The van der Waals surface area contributed by atoms with E-state index in [0.717, 1.165) is 17.5 Å². The number of benzene rings is 1. The molecular formula is C20H28N2O2. The molecule has 4 heteroatoms. The van der Waals surface area contributed by atoms with Gasteiger partial charge in [0.15, 0.2) is 0 Å². The summed E-state index contributed by atoms with van der Waals surface area (Å²) in [6.45, 7) is 2.92. The molecule has 1 aromatic carbocycles. The Labute approximate surface area is 144 Å². The van der Waals surface area contributed by atoms with E-state index in [1.165, 1.54) is 44.9 Å². The lowest BCUT2D eigenvalue weighted by atomic mass is 10.1. The summed E-state index contributed by atoms with van der Waals surface area (Å²) >= 11 is 0. The third kappa shape index (κ3) is 6.57. The molecule has 2 rings (SSSR count). The number of phenolic OH excluding ortho intramolecular Hbond substituents is 1. The van der Waals surface area contributed by atoms with Gasteiger partial charge in [-0.05, 0) is 24.1 Å². The van der Waals surface area contributed by atoms with Crippen molar-refractivity contribution in [3.8, 4) is 22.9 Å². The average molecular weight is 328 g/mol. The van der Waals surface area contributed by atoms with Gasteiger partial charge in [0.1, 0.15) is 5.75 Å². The van der Waals surface area contributed by atoms with Crippen molar-refractivity contribution in [3.63, 3.8) is 0 Å². The second-order valence-corrected chi connectivity index (χ2v) is 6.12. The van der Waals surface area contributed by atoms with Crippen molar-refractivity contribution in [2.45, 2.75) is 58.3 Å². The van der Waals surface area contributed by atoms with E-state index < -0.39 is 0 Å². The van der Waals surface area contributed by atoms with Gasteiger partial charge in [-0.3, -0.25) is 0 Å². The molecule has 1 N–H and O–H groups in total. The summed E-state index contributed by atoms with van der Waals surface area (Å²) in [5.41, 5.74) is 1.89. The Morgan fingerprint density at radius 1 is 0.792 bits per heavy atom. The van der Waals surface area contributed by atoms with Crippen molar-refractivity contribution >= 4 is 0 Å². The maximum Gasteiger partial charge on any atom is 0.316 e. The van der Waals surface area contributed by atoms with Gasteiger partial charge in [0.05, 0.1) is 6.61 Å². The fraction of sp³-hybridized carbons (Fsp3) is 0.500. The van der Waals surface area contributed by atoms with Gasteiger partial charge in [-0.15, -0.1) is 0 Å². The molecule has 0 aliphatic carbocycles. The first-order chi connectivity index (χ1) is 11.8. The van der Waals surface area contributed by atoms with E-state index in [1.54, 1.807) is 24.5 Å². The molecule has 24 heavy (non-hydrogen) atoms. The number of phenols is 1. The van der Waals surface area contributed by atoms with Gasteiger partial charge in [0.2, 0.25) is 0 Å². The van der Waals surface area contributed by atoms with Crippen LogP contribution in [0.3, 0.4) is 0 Å². The molecule has 2 aromatic rings. The second-order valence-electron chi connectivity index (χ2n) is 6.12. The molecule has 0 spiro atoms. The predicted molar refractivity (Wildman–Crippen MR) is 97.2 cm³/mol. The molecule has 0 saturated heterocycles. The second kappa shape index (κ2) is 10.6. The molecule has 0 fully saturated rings. The molecule has 1 aromatic heterocycles. The van der Waals surface area contributed by atoms with Gasteiger partial charge in [-0.1, -0.05) is 64.0 Å². The molecule has 0 saturated carbocycles. The summed E-state index contributed by atoms with van der Waals surface area (Å²) in [5.74, 6) is 0.255. The van der Waals surface area contributed by atoms with Crippen LogP contribution >= 0.6 is 0 Å². The van der Waals surface area contributed by atoms with Crippen molar-refractivity contribution < 1.29 is 9.84 Å². The number of hydrogen-bond donors (Lipinski definition) is 1. The van der Waals surface area contributed by atoms with Crippen molar-refractivity contribution in [1.29, 1.82) is 0 Å². The number of hydrogen-bond acceptors (Lipinski definition) is 4. The Kier molecular flexibility index (Phi) is 8.08. The molecule has 0 radical (unpaired) electrons. The zero-order valence-electron chi connectivity index (χ0n) is 14.6. The maximum absolute atomic E-state index is 9.31. The number of aromatic nitrogens is 2. The highest BCUT2D eigenvalue weighted by atomic mass is 16.5. The Hall–Kier alpha value is -2.10. The molecule has 0 atom stereocenters. The first kappa shape index (κ1) is 18.2. The van der Waals surface area contributed by atoms with Crippen LogP contribution in [0.2, 0.25) is 0 Å². The molecule has 0 amide bonds. The van der Waals surface area contributed by atoms with Gasteiger partial charge in [-0.2, -0.15) is 0 Å². The predicted octanol–water partition coefficient (Wildman–Crippen LogP) is 5.37. The number of ether oxygens (including phenoxy) is 1. The number of rotatable bonds is 11. The molecule has 0 bridgehead atoms. The summed E-state index contributed by atoms with van der Waals surface area (Å²) in [5, 5.41) is 9.31. The van der Waals surface area contributed by atoms with Crippen LogP contribution < -0.4 is 4.74 Å². The monoisotopic (exact) mass is 328 g/mol. The first-order valence-corrected chi connectivity index (χ1v) is 9.04. The normalized spacial score (nSPS) is 10.7. The number of unbranched alkanes of at least 4 members (excludes halogenated alkanes) is 7. The summed E-state index contributed by atoms with van der Waals surface area (Å²) in [7, 11) is 0. The van der Waals surface area contributed by atoms with Crippen LogP contribution in [-0.4, -0.2) is 21.7 Å². The van der Waals surface area contributed by atoms with Gasteiger partial charge < -0.3 is 9.84 Å². The van der Waals surface area contributed by atoms with E-state index >= 15 is 0 Å². The van der Waals surface area contributed by atoms with E-state index in [9.17, 15) is 5.11 Å². The third-order valence-corrected chi connectivity index (χ3v) is 4.06. The highest BCUT2D eigenvalue weighted by Gasteiger charge is 2.02. The highest BCUT2D eigenvalue weighted by molar-refractivity contribution is 5.62. The molecule has 1 heterocycles. The minimum atomic E-state index is 0.255. The van der Waals surface area contributed by atoms with Gasteiger partial charge >= 0.3 is 6.01 Å². The van der Waals surface area contributed by atoms with Crippen LogP contribution in [0, 0.1) is 0 Å². The minimum Gasteiger partial charge on any atom is -0.508 e. The summed E-state index contributed by atoms with van der Waals surface area (Å²) in [6.07, 6.45) is 13.8. The molecule has 0 aliphatic heterocycles. The van der Waals surface area contributed by atoms with Crippen molar-refractivity contribution in [2.24, 2.45) is 0 Å². The first-order valence-electron chi connectivity index (χ1n) is 9.04. The van der Waals surface area contributed by atoms with Crippen molar-refractivity contribution in [2.75, 3.05) is 6.61 Å². The lowest BCUT2D eigenvalue weighted by Gasteiger charge is -2.06. The molecule has 0 aliphatic rings. The van der Waals surface area contributed by atoms with Crippen LogP contribution in [0.4, 0.5) is 0 Å². The summed E-state index contributed by atoms with van der Waals surface area (Å²) in [4.78, 5) is 8.50. The Bertz CT molecular complexity index is 567. The zero-order valence-corrected chi connectivity index (χ0v) is 14.6. The Morgan fingerprint density at radius 2 is 1.38 bits per heavy atom. The van der Waals surface area contributed by atoms with Crippen LogP contribution in [-0.2, 0) is 0 Å². The minimum absolute atomic E-state index is 0.255. The smallest absolute Gasteiger partial charge is 0.316 e. The maximum atomic E-state index is 9.31. The van der Waals surface area contributed by atoms with Crippen LogP contribution in [0.5, 0.6) is 11.8 Å². The van der Waals surface area contributed by atoms with Gasteiger partial charge in [0, 0.05) is 18.0 Å². The summed E-state index contributed by atoms with van der Waals surface area (Å²) < 4.78 is 5.60. The Morgan fingerprint density at radius 3 is 2.00 bits per heavy atom. The third-order valence-electron chi connectivity index (χ3n) is 4.06. The molecule has 130 valence electrons. The molecule has 4 nitrogen and oxygen atoms in total. The van der Waals surface area contributed by atoms with E-state index in [0.29, 0.717) is 12.6 Å². The highest BCUT2D eigenvalue weighted by Crippen LogP contribution is 2.21. The quantitative estimate of drug-likeness (QED) is 0.563. The number of nitrogens with zero attached hydrogens (tertiary/aromatic N) is 2.